The minimum absolute atomic E-state index is 0.188. The van der Waals surface area contributed by atoms with Crippen molar-refractivity contribution in [3.63, 3.8) is 0 Å². The molecule has 0 fully saturated rings. The standard InChI is InChI=1S/C29H53NO7/c1-9-35-28(32)14-12-25(31)24(30-20-37-29(4,5)6)19-23(21(2)3)17-22-11-13-26(34-8)27(18-22)36-16-10-15-33-7/h11,13,18,21,23-25,28,30-32H,9-10,12,14-17,19-20H2,1-8H3/t23-,24-,25-,28?/m0/s1. The lowest BCUT2D eigenvalue weighted by Crippen LogP contribution is -2.44. The Labute approximate surface area is 225 Å². The third-order valence-corrected chi connectivity index (χ3v) is 6.36. The Balaban J connectivity index is 2.97. The van der Waals surface area contributed by atoms with Crippen LogP contribution in [0.4, 0.5) is 0 Å². The maximum atomic E-state index is 11.1. The van der Waals surface area contributed by atoms with Crippen LogP contribution in [0.15, 0.2) is 18.2 Å². The largest absolute Gasteiger partial charge is 0.493 e. The molecule has 3 N–H and O–H groups in total. The Morgan fingerprint density at radius 2 is 1.73 bits per heavy atom. The fraction of sp³-hybridized carbons (Fsp3) is 0.793. The predicted molar refractivity (Wildman–Crippen MR) is 147 cm³/mol. The van der Waals surface area contributed by atoms with E-state index in [1.165, 1.54) is 0 Å². The number of aliphatic hydroxyl groups is 2. The van der Waals surface area contributed by atoms with Crippen LogP contribution in [0.2, 0.25) is 0 Å². The first-order valence-electron chi connectivity index (χ1n) is 13.6. The summed E-state index contributed by atoms with van der Waals surface area (Å²) in [6.07, 6.45) is 1.70. The summed E-state index contributed by atoms with van der Waals surface area (Å²) in [7, 11) is 3.33. The van der Waals surface area contributed by atoms with Gasteiger partial charge >= 0.3 is 0 Å². The van der Waals surface area contributed by atoms with E-state index >= 15 is 0 Å². The second kappa shape index (κ2) is 18.0. The highest BCUT2D eigenvalue weighted by Crippen LogP contribution is 2.31. The lowest BCUT2D eigenvalue weighted by molar-refractivity contribution is -0.105. The molecule has 4 atom stereocenters. The van der Waals surface area contributed by atoms with Crippen LogP contribution < -0.4 is 14.8 Å². The molecule has 0 aliphatic heterocycles. The summed E-state index contributed by atoms with van der Waals surface area (Å²) in [5, 5.41) is 24.5. The third kappa shape index (κ3) is 14.3. The van der Waals surface area contributed by atoms with Gasteiger partial charge in [-0.2, -0.15) is 0 Å². The zero-order valence-corrected chi connectivity index (χ0v) is 24.4. The molecule has 1 rings (SSSR count). The maximum absolute atomic E-state index is 11.1. The van der Waals surface area contributed by atoms with Crippen LogP contribution in [0.3, 0.4) is 0 Å². The monoisotopic (exact) mass is 527 g/mol. The second-order valence-electron chi connectivity index (χ2n) is 10.9. The van der Waals surface area contributed by atoms with Gasteiger partial charge < -0.3 is 33.9 Å². The van der Waals surface area contributed by atoms with Crippen molar-refractivity contribution < 1.29 is 33.9 Å². The molecule has 0 heterocycles. The molecule has 1 unspecified atom stereocenters. The minimum Gasteiger partial charge on any atom is -0.493 e. The van der Waals surface area contributed by atoms with Gasteiger partial charge in [0, 0.05) is 39.2 Å². The van der Waals surface area contributed by atoms with Crippen LogP contribution >= 0.6 is 0 Å². The molecule has 0 aliphatic rings. The van der Waals surface area contributed by atoms with Crippen molar-refractivity contribution in [2.24, 2.45) is 11.8 Å². The number of hydrogen-bond donors (Lipinski definition) is 3. The van der Waals surface area contributed by atoms with Crippen molar-refractivity contribution in [3.05, 3.63) is 23.8 Å². The van der Waals surface area contributed by atoms with Gasteiger partial charge in [-0.3, -0.25) is 5.32 Å². The fourth-order valence-electron chi connectivity index (χ4n) is 4.10. The SMILES string of the molecule is CCOC(O)CC[C@H](O)[C@H](C[C@H](Cc1ccc(OC)c(OCCCOC)c1)C(C)C)NCOC(C)(C)C. The Bertz CT molecular complexity index is 723. The number of ether oxygens (including phenoxy) is 5. The highest BCUT2D eigenvalue weighted by molar-refractivity contribution is 5.43. The molecule has 216 valence electrons. The molecule has 8 heteroatoms. The van der Waals surface area contributed by atoms with E-state index in [-0.39, 0.29) is 11.6 Å². The normalized spacial score (nSPS) is 15.4. The van der Waals surface area contributed by atoms with Gasteiger partial charge in [0.1, 0.15) is 0 Å². The first-order valence-corrected chi connectivity index (χ1v) is 13.6. The Hall–Kier alpha value is -1.42. The Morgan fingerprint density at radius 3 is 2.32 bits per heavy atom. The first-order chi connectivity index (χ1) is 17.5. The first kappa shape index (κ1) is 33.6. The lowest BCUT2D eigenvalue weighted by Gasteiger charge is -2.32. The van der Waals surface area contributed by atoms with Crippen molar-refractivity contribution in [3.8, 4) is 11.5 Å². The molecule has 0 saturated heterocycles. The quantitative estimate of drug-likeness (QED) is 0.168. The molecule has 0 spiro atoms. The van der Waals surface area contributed by atoms with E-state index in [0.717, 1.165) is 30.6 Å². The van der Waals surface area contributed by atoms with Crippen molar-refractivity contribution in [1.82, 2.24) is 5.32 Å². The lowest BCUT2D eigenvalue weighted by atomic mass is 9.82. The van der Waals surface area contributed by atoms with E-state index < -0.39 is 12.4 Å². The van der Waals surface area contributed by atoms with Gasteiger partial charge in [0.15, 0.2) is 17.8 Å². The van der Waals surface area contributed by atoms with E-state index in [2.05, 4.69) is 31.3 Å². The van der Waals surface area contributed by atoms with E-state index in [4.69, 9.17) is 23.7 Å². The average Bonchev–Trinajstić information content (AvgIpc) is 2.83. The number of methoxy groups -OCH3 is 2. The van der Waals surface area contributed by atoms with Gasteiger partial charge in [0.25, 0.3) is 0 Å². The highest BCUT2D eigenvalue weighted by atomic mass is 16.6. The number of rotatable bonds is 20. The second-order valence-corrected chi connectivity index (χ2v) is 10.9. The van der Waals surface area contributed by atoms with Gasteiger partial charge in [-0.1, -0.05) is 19.9 Å². The van der Waals surface area contributed by atoms with Crippen molar-refractivity contribution >= 4 is 0 Å². The molecular formula is C29H53NO7. The molecule has 1 aromatic carbocycles. The number of aliphatic hydroxyl groups excluding tert-OH is 2. The maximum Gasteiger partial charge on any atom is 0.161 e. The third-order valence-electron chi connectivity index (χ3n) is 6.36. The van der Waals surface area contributed by atoms with Crippen molar-refractivity contribution in [2.75, 3.05) is 40.8 Å². The minimum atomic E-state index is -0.867. The molecule has 1 aromatic rings. The van der Waals surface area contributed by atoms with Crippen molar-refractivity contribution in [1.29, 1.82) is 0 Å². The topological polar surface area (TPSA) is 98.6 Å². The van der Waals surface area contributed by atoms with Gasteiger partial charge in [-0.15, -0.1) is 0 Å². The molecule has 0 saturated carbocycles. The van der Waals surface area contributed by atoms with Crippen LogP contribution in [0.1, 0.15) is 72.8 Å². The van der Waals surface area contributed by atoms with Crippen LogP contribution in [-0.4, -0.2) is 75.0 Å². The van der Waals surface area contributed by atoms with E-state index in [9.17, 15) is 10.2 Å². The van der Waals surface area contributed by atoms with Gasteiger partial charge in [-0.05, 0) is 76.5 Å². The molecule has 37 heavy (non-hydrogen) atoms. The van der Waals surface area contributed by atoms with Crippen LogP contribution in [-0.2, 0) is 20.6 Å². The summed E-state index contributed by atoms with van der Waals surface area (Å²) < 4.78 is 27.7. The zero-order valence-electron chi connectivity index (χ0n) is 24.4. The van der Waals surface area contributed by atoms with Crippen LogP contribution in [0.25, 0.3) is 0 Å². The Kier molecular flexibility index (Phi) is 16.3. The predicted octanol–water partition coefficient (Wildman–Crippen LogP) is 4.54. The summed E-state index contributed by atoms with van der Waals surface area (Å²) in [5.74, 6) is 2.14. The number of benzene rings is 1. The molecule has 0 bridgehead atoms. The summed E-state index contributed by atoms with van der Waals surface area (Å²) in [6, 6.07) is 5.90. The molecule has 0 aliphatic carbocycles. The summed E-state index contributed by atoms with van der Waals surface area (Å²) in [6.45, 7) is 14.3. The van der Waals surface area contributed by atoms with Gasteiger partial charge in [0.05, 0.1) is 32.2 Å². The summed E-state index contributed by atoms with van der Waals surface area (Å²) >= 11 is 0. The summed E-state index contributed by atoms with van der Waals surface area (Å²) in [4.78, 5) is 0. The molecule has 0 amide bonds. The molecule has 8 nitrogen and oxygen atoms in total. The number of hydrogen-bond acceptors (Lipinski definition) is 8. The number of nitrogens with one attached hydrogen (secondary N) is 1. The van der Waals surface area contributed by atoms with Crippen LogP contribution in [0.5, 0.6) is 11.5 Å². The smallest absolute Gasteiger partial charge is 0.161 e. The van der Waals surface area contributed by atoms with Crippen molar-refractivity contribution in [2.45, 2.75) is 97.7 Å². The van der Waals surface area contributed by atoms with E-state index in [1.807, 2.05) is 33.8 Å². The van der Waals surface area contributed by atoms with Crippen LogP contribution in [0, 0.1) is 11.8 Å². The van der Waals surface area contributed by atoms with E-state index in [0.29, 0.717) is 57.0 Å². The fourth-order valence-corrected chi connectivity index (χ4v) is 4.10. The highest BCUT2D eigenvalue weighted by Gasteiger charge is 2.26. The molecule has 0 radical (unpaired) electrons. The Morgan fingerprint density at radius 1 is 1.00 bits per heavy atom. The van der Waals surface area contributed by atoms with Gasteiger partial charge in [-0.25, -0.2) is 0 Å². The average molecular weight is 528 g/mol. The molecule has 0 aromatic heterocycles. The summed E-state index contributed by atoms with van der Waals surface area (Å²) in [5.41, 5.74) is 0.876. The van der Waals surface area contributed by atoms with E-state index in [1.54, 1.807) is 14.2 Å². The molecular weight excluding hydrogens is 474 g/mol. The van der Waals surface area contributed by atoms with Gasteiger partial charge in [0.2, 0.25) is 0 Å². The zero-order chi connectivity index (χ0) is 27.8.